The van der Waals surface area contributed by atoms with Crippen LogP contribution in [-0.4, -0.2) is 50.3 Å². The van der Waals surface area contributed by atoms with E-state index in [4.69, 9.17) is 4.98 Å². The van der Waals surface area contributed by atoms with Crippen LogP contribution in [0.25, 0.3) is 0 Å². The van der Waals surface area contributed by atoms with Crippen LogP contribution in [-0.2, 0) is 24.3 Å². The smallest absolute Gasteiger partial charge is 0.255 e. The second kappa shape index (κ2) is 7.71. The van der Waals surface area contributed by atoms with Crippen molar-refractivity contribution in [1.29, 1.82) is 0 Å². The van der Waals surface area contributed by atoms with Crippen molar-refractivity contribution in [1.82, 2.24) is 24.8 Å². The van der Waals surface area contributed by atoms with Gasteiger partial charge in [-0.3, -0.25) is 19.5 Å². The van der Waals surface area contributed by atoms with Crippen molar-refractivity contribution in [2.75, 3.05) is 19.6 Å². The van der Waals surface area contributed by atoms with Crippen LogP contribution in [0.2, 0.25) is 0 Å². The summed E-state index contributed by atoms with van der Waals surface area (Å²) in [5, 5.41) is 0. The highest BCUT2D eigenvalue weighted by molar-refractivity contribution is 5.80. The fourth-order valence-corrected chi connectivity index (χ4v) is 4.68. The number of amides is 1. The lowest BCUT2D eigenvalue weighted by Gasteiger charge is -2.29. The summed E-state index contributed by atoms with van der Waals surface area (Å²) in [6, 6.07) is 4.00. The molecule has 0 aromatic carbocycles. The lowest BCUT2D eigenvalue weighted by Crippen LogP contribution is -2.38. The predicted octanol–water partition coefficient (Wildman–Crippen LogP) is 1.84. The summed E-state index contributed by atoms with van der Waals surface area (Å²) >= 11 is 0. The molecule has 29 heavy (non-hydrogen) atoms. The molecule has 2 aromatic heterocycles. The number of fused-ring (bicyclic) bond motifs is 1. The molecule has 7 heteroatoms. The first-order chi connectivity index (χ1) is 14.2. The maximum atomic E-state index is 12.8. The molecule has 5 rings (SSSR count). The quantitative estimate of drug-likeness (QED) is 0.857. The van der Waals surface area contributed by atoms with Crippen molar-refractivity contribution >= 4 is 5.91 Å². The van der Waals surface area contributed by atoms with Crippen molar-refractivity contribution in [3.8, 4) is 0 Å². The van der Waals surface area contributed by atoms with Gasteiger partial charge >= 0.3 is 0 Å². The van der Waals surface area contributed by atoms with Crippen molar-refractivity contribution in [2.45, 2.75) is 51.1 Å². The predicted molar refractivity (Wildman–Crippen MR) is 108 cm³/mol. The zero-order valence-corrected chi connectivity index (χ0v) is 16.6. The summed E-state index contributed by atoms with van der Waals surface area (Å²) in [6.45, 7) is 3.75. The minimum atomic E-state index is -0.0235. The molecule has 2 aromatic rings. The number of rotatable bonds is 4. The van der Waals surface area contributed by atoms with Gasteiger partial charge in [0.15, 0.2) is 0 Å². The Balaban J connectivity index is 1.28. The Hall–Kier alpha value is -2.54. The minimum Gasteiger partial charge on any atom is -0.342 e. The highest BCUT2D eigenvalue weighted by Gasteiger charge is 2.35. The average Bonchev–Trinajstić information content (AvgIpc) is 3.18. The molecule has 1 saturated heterocycles. The van der Waals surface area contributed by atoms with Gasteiger partial charge < -0.3 is 9.88 Å². The molecule has 152 valence electrons. The molecule has 1 N–H and O–H groups in total. The second-order valence-corrected chi connectivity index (χ2v) is 8.60. The van der Waals surface area contributed by atoms with Gasteiger partial charge in [-0.25, -0.2) is 4.98 Å². The van der Waals surface area contributed by atoms with Crippen molar-refractivity contribution in [2.24, 2.45) is 5.92 Å². The first-order valence-corrected chi connectivity index (χ1v) is 10.7. The Morgan fingerprint density at radius 2 is 2.14 bits per heavy atom. The topological polar surface area (TPSA) is 82.2 Å². The summed E-state index contributed by atoms with van der Waals surface area (Å²) in [6.07, 6.45) is 8.54. The summed E-state index contributed by atoms with van der Waals surface area (Å²) in [4.78, 5) is 41.6. The van der Waals surface area contributed by atoms with Crippen molar-refractivity contribution < 1.29 is 4.79 Å². The zero-order chi connectivity index (χ0) is 19.8. The number of aromatic amines is 1. The number of likely N-dealkylation sites (tertiary alicyclic amines) is 1. The Morgan fingerprint density at radius 1 is 1.24 bits per heavy atom. The zero-order valence-electron chi connectivity index (χ0n) is 16.6. The van der Waals surface area contributed by atoms with E-state index in [0.29, 0.717) is 19.0 Å². The molecule has 0 unspecified atom stereocenters. The monoisotopic (exact) mass is 393 g/mol. The van der Waals surface area contributed by atoms with E-state index >= 15 is 0 Å². The maximum Gasteiger partial charge on any atom is 0.255 e. The molecule has 2 fully saturated rings. The van der Waals surface area contributed by atoms with Gasteiger partial charge in [0.1, 0.15) is 5.82 Å². The number of aromatic nitrogens is 3. The van der Waals surface area contributed by atoms with Gasteiger partial charge in [0.25, 0.3) is 5.56 Å². The first kappa shape index (κ1) is 18.5. The molecule has 1 aliphatic carbocycles. The van der Waals surface area contributed by atoms with Gasteiger partial charge in [-0.15, -0.1) is 0 Å². The lowest BCUT2D eigenvalue weighted by molar-refractivity contribution is -0.137. The van der Waals surface area contributed by atoms with E-state index in [0.717, 1.165) is 68.0 Å². The molecule has 4 heterocycles. The molecule has 2 aliphatic heterocycles. The number of carbonyl (C=O) groups excluding carboxylic acids is 1. The minimum absolute atomic E-state index is 0.0235. The number of H-pyrrole nitrogens is 1. The van der Waals surface area contributed by atoms with E-state index in [2.05, 4.69) is 20.9 Å². The van der Waals surface area contributed by atoms with Crippen LogP contribution in [0.15, 0.2) is 29.3 Å². The molecule has 7 nitrogen and oxygen atoms in total. The molecule has 0 bridgehead atoms. The number of hydrogen-bond donors (Lipinski definition) is 1. The van der Waals surface area contributed by atoms with E-state index in [1.807, 2.05) is 17.2 Å². The molecule has 1 saturated carbocycles. The van der Waals surface area contributed by atoms with Crippen LogP contribution in [0.4, 0.5) is 0 Å². The van der Waals surface area contributed by atoms with Crippen LogP contribution < -0.4 is 5.56 Å². The SMILES string of the molecule is O=C(C1CCC1)N1CC[C@H](c2nc3c(c(=O)[nH]2)CN(Cc2cccnc2)CC3)C1. The molecule has 1 atom stereocenters. The summed E-state index contributed by atoms with van der Waals surface area (Å²) in [5.41, 5.74) is 2.84. The Morgan fingerprint density at radius 3 is 2.90 bits per heavy atom. The van der Waals surface area contributed by atoms with Gasteiger partial charge in [-0.1, -0.05) is 12.5 Å². The van der Waals surface area contributed by atoms with Gasteiger partial charge in [-0.05, 0) is 30.9 Å². The second-order valence-electron chi connectivity index (χ2n) is 8.60. The van der Waals surface area contributed by atoms with Crippen LogP contribution in [0.5, 0.6) is 0 Å². The Bertz CT molecular complexity index is 953. The molecular weight excluding hydrogens is 366 g/mol. The standard InChI is InChI=1S/C22H27N5O2/c28-21-18-14-26(12-15-3-2-8-23-11-15)9-7-19(18)24-20(25-21)17-6-10-27(13-17)22(29)16-4-1-5-16/h2-3,8,11,16-17H,1,4-7,9-10,12-14H2,(H,24,25,28)/t17-/m0/s1. The van der Waals surface area contributed by atoms with E-state index < -0.39 is 0 Å². The van der Waals surface area contributed by atoms with Gasteiger partial charge in [0.05, 0.1) is 11.3 Å². The van der Waals surface area contributed by atoms with Crippen LogP contribution in [0.1, 0.15) is 54.2 Å². The van der Waals surface area contributed by atoms with Crippen molar-refractivity contribution in [3.05, 3.63) is 57.5 Å². The fraction of sp³-hybridized carbons (Fsp3) is 0.545. The van der Waals surface area contributed by atoms with E-state index in [1.165, 1.54) is 6.42 Å². The van der Waals surface area contributed by atoms with Gasteiger partial charge in [0.2, 0.25) is 5.91 Å². The largest absolute Gasteiger partial charge is 0.342 e. The fourth-order valence-electron chi connectivity index (χ4n) is 4.68. The third kappa shape index (κ3) is 3.71. The first-order valence-electron chi connectivity index (χ1n) is 10.7. The lowest BCUT2D eigenvalue weighted by atomic mass is 9.84. The number of carbonyl (C=O) groups is 1. The molecule has 0 spiro atoms. The number of nitrogens with one attached hydrogen (secondary N) is 1. The third-order valence-corrected chi connectivity index (χ3v) is 6.64. The van der Waals surface area contributed by atoms with Crippen LogP contribution >= 0.6 is 0 Å². The summed E-state index contributed by atoms with van der Waals surface area (Å²) < 4.78 is 0. The number of hydrogen-bond acceptors (Lipinski definition) is 5. The van der Waals surface area contributed by atoms with E-state index in [9.17, 15) is 9.59 Å². The average molecular weight is 393 g/mol. The van der Waals surface area contributed by atoms with Gasteiger partial charge in [0, 0.05) is 63.4 Å². The van der Waals surface area contributed by atoms with E-state index in [-0.39, 0.29) is 17.4 Å². The Labute approximate surface area is 170 Å². The van der Waals surface area contributed by atoms with Crippen LogP contribution in [0.3, 0.4) is 0 Å². The third-order valence-electron chi connectivity index (χ3n) is 6.64. The highest BCUT2D eigenvalue weighted by Crippen LogP contribution is 2.32. The summed E-state index contributed by atoms with van der Waals surface area (Å²) in [7, 11) is 0. The number of pyridine rings is 1. The molecule has 1 amide bonds. The number of nitrogens with zero attached hydrogens (tertiary/aromatic N) is 4. The van der Waals surface area contributed by atoms with E-state index in [1.54, 1.807) is 6.20 Å². The highest BCUT2D eigenvalue weighted by atomic mass is 16.2. The van der Waals surface area contributed by atoms with Crippen LogP contribution in [0, 0.1) is 5.92 Å². The Kier molecular flexibility index (Phi) is 4.91. The molecule has 0 radical (unpaired) electrons. The molecular formula is C22H27N5O2. The van der Waals surface area contributed by atoms with Gasteiger partial charge in [-0.2, -0.15) is 0 Å². The summed E-state index contributed by atoms with van der Waals surface area (Å²) in [5.74, 6) is 1.43. The maximum absolute atomic E-state index is 12.8. The normalized spacial score (nSPS) is 22.3. The van der Waals surface area contributed by atoms with Crippen molar-refractivity contribution in [3.63, 3.8) is 0 Å². The molecule has 3 aliphatic rings.